The Labute approximate surface area is 117 Å². The summed E-state index contributed by atoms with van der Waals surface area (Å²) in [6.45, 7) is 4.20. The Morgan fingerprint density at radius 3 is 2.40 bits per heavy atom. The SMILES string of the molecule is CC(C)COC(=O)CCC(=O)OCc1cccc(F)c1. The average molecular weight is 282 g/mol. The van der Waals surface area contributed by atoms with Gasteiger partial charge in [0, 0.05) is 0 Å². The molecule has 0 atom stereocenters. The summed E-state index contributed by atoms with van der Waals surface area (Å²) in [5, 5.41) is 0. The summed E-state index contributed by atoms with van der Waals surface area (Å²) in [4.78, 5) is 22.7. The Bertz CT molecular complexity index is 457. The molecule has 4 nitrogen and oxygen atoms in total. The molecule has 0 aromatic heterocycles. The fraction of sp³-hybridized carbons (Fsp3) is 0.467. The number of benzene rings is 1. The molecule has 5 heteroatoms. The lowest BCUT2D eigenvalue weighted by molar-refractivity contribution is -0.151. The first-order valence-corrected chi connectivity index (χ1v) is 6.53. The predicted octanol–water partition coefficient (Wildman–Crippen LogP) is 2.85. The molecule has 0 bridgehead atoms. The Morgan fingerprint density at radius 2 is 1.80 bits per heavy atom. The highest BCUT2D eigenvalue weighted by molar-refractivity contribution is 5.77. The van der Waals surface area contributed by atoms with Gasteiger partial charge in [-0.2, -0.15) is 0 Å². The molecule has 20 heavy (non-hydrogen) atoms. The van der Waals surface area contributed by atoms with Crippen molar-refractivity contribution in [2.45, 2.75) is 33.3 Å². The molecule has 0 radical (unpaired) electrons. The van der Waals surface area contributed by atoms with Gasteiger partial charge >= 0.3 is 11.9 Å². The maximum absolute atomic E-state index is 12.9. The third-order valence-electron chi connectivity index (χ3n) is 2.40. The van der Waals surface area contributed by atoms with Gasteiger partial charge in [0.2, 0.25) is 0 Å². The summed E-state index contributed by atoms with van der Waals surface area (Å²) in [6, 6.07) is 5.81. The first kappa shape index (κ1) is 16.1. The Balaban J connectivity index is 2.22. The standard InChI is InChI=1S/C15H19FO4/c1-11(2)9-19-14(17)6-7-15(18)20-10-12-4-3-5-13(16)8-12/h3-5,8,11H,6-7,9-10H2,1-2H3. The van der Waals surface area contributed by atoms with Crippen molar-refractivity contribution in [1.82, 2.24) is 0 Å². The molecule has 0 unspecified atom stereocenters. The average Bonchev–Trinajstić information content (AvgIpc) is 2.40. The van der Waals surface area contributed by atoms with Crippen molar-refractivity contribution in [3.8, 4) is 0 Å². The zero-order valence-corrected chi connectivity index (χ0v) is 11.7. The van der Waals surface area contributed by atoms with Crippen LogP contribution in [0.5, 0.6) is 0 Å². The Hall–Kier alpha value is -1.91. The largest absolute Gasteiger partial charge is 0.465 e. The molecule has 0 saturated heterocycles. The molecule has 0 heterocycles. The summed E-state index contributed by atoms with van der Waals surface area (Å²) < 4.78 is 22.8. The Morgan fingerprint density at radius 1 is 1.15 bits per heavy atom. The second-order valence-electron chi connectivity index (χ2n) is 4.87. The van der Waals surface area contributed by atoms with Crippen LogP contribution in [0.25, 0.3) is 0 Å². The zero-order valence-electron chi connectivity index (χ0n) is 11.7. The van der Waals surface area contributed by atoms with Gasteiger partial charge in [-0.1, -0.05) is 26.0 Å². The van der Waals surface area contributed by atoms with Crippen molar-refractivity contribution in [1.29, 1.82) is 0 Å². The number of ether oxygens (including phenoxy) is 2. The minimum Gasteiger partial charge on any atom is -0.465 e. The van der Waals surface area contributed by atoms with Gasteiger partial charge in [-0.25, -0.2) is 4.39 Å². The highest BCUT2D eigenvalue weighted by Gasteiger charge is 2.10. The van der Waals surface area contributed by atoms with E-state index in [0.717, 1.165) is 0 Å². The van der Waals surface area contributed by atoms with E-state index in [1.807, 2.05) is 13.8 Å². The monoisotopic (exact) mass is 282 g/mol. The van der Waals surface area contributed by atoms with E-state index in [4.69, 9.17) is 9.47 Å². The topological polar surface area (TPSA) is 52.6 Å². The smallest absolute Gasteiger partial charge is 0.306 e. The molecule has 1 aromatic rings. The van der Waals surface area contributed by atoms with E-state index < -0.39 is 11.9 Å². The highest BCUT2D eigenvalue weighted by Crippen LogP contribution is 2.06. The van der Waals surface area contributed by atoms with Gasteiger partial charge in [0.25, 0.3) is 0 Å². The van der Waals surface area contributed by atoms with E-state index in [1.54, 1.807) is 12.1 Å². The van der Waals surface area contributed by atoms with Crippen LogP contribution in [0.3, 0.4) is 0 Å². The minimum absolute atomic E-state index is 0.00235. The van der Waals surface area contributed by atoms with Crippen LogP contribution in [0.4, 0.5) is 4.39 Å². The number of esters is 2. The molecular weight excluding hydrogens is 263 g/mol. The van der Waals surface area contributed by atoms with Gasteiger partial charge in [-0.05, 0) is 23.6 Å². The van der Waals surface area contributed by atoms with E-state index >= 15 is 0 Å². The Kier molecular flexibility index (Phi) is 6.70. The lowest BCUT2D eigenvalue weighted by atomic mass is 10.2. The van der Waals surface area contributed by atoms with Crippen molar-refractivity contribution in [2.24, 2.45) is 5.92 Å². The van der Waals surface area contributed by atoms with Crippen molar-refractivity contribution in [2.75, 3.05) is 6.61 Å². The predicted molar refractivity (Wildman–Crippen MR) is 71.2 cm³/mol. The molecule has 0 aliphatic rings. The van der Waals surface area contributed by atoms with Gasteiger partial charge in [-0.15, -0.1) is 0 Å². The van der Waals surface area contributed by atoms with Crippen molar-refractivity contribution in [3.05, 3.63) is 35.6 Å². The number of carbonyl (C=O) groups is 2. The molecule has 110 valence electrons. The normalized spacial score (nSPS) is 10.4. The molecule has 0 spiro atoms. The van der Waals surface area contributed by atoms with Gasteiger partial charge in [0.15, 0.2) is 0 Å². The van der Waals surface area contributed by atoms with Gasteiger partial charge in [-0.3, -0.25) is 9.59 Å². The number of carbonyl (C=O) groups excluding carboxylic acids is 2. The fourth-order valence-corrected chi connectivity index (χ4v) is 1.40. The molecule has 1 rings (SSSR count). The van der Waals surface area contributed by atoms with Crippen LogP contribution in [-0.2, 0) is 25.7 Å². The molecule has 0 saturated carbocycles. The van der Waals surface area contributed by atoms with Crippen LogP contribution >= 0.6 is 0 Å². The van der Waals surface area contributed by atoms with Crippen LogP contribution in [0, 0.1) is 11.7 Å². The summed E-state index contributed by atoms with van der Waals surface area (Å²) in [5.41, 5.74) is 0.570. The van der Waals surface area contributed by atoms with Crippen molar-refractivity contribution < 1.29 is 23.5 Å². The molecule has 0 amide bonds. The van der Waals surface area contributed by atoms with Crippen LogP contribution in [0.2, 0.25) is 0 Å². The number of rotatable bonds is 7. The summed E-state index contributed by atoms with van der Waals surface area (Å²) >= 11 is 0. The van der Waals surface area contributed by atoms with Gasteiger partial charge in [0.1, 0.15) is 12.4 Å². The van der Waals surface area contributed by atoms with E-state index in [9.17, 15) is 14.0 Å². The third-order valence-corrected chi connectivity index (χ3v) is 2.40. The van der Waals surface area contributed by atoms with E-state index in [0.29, 0.717) is 12.2 Å². The molecule has 0 fully saturated rings. The number of hydrogen-bond donors (Lipinski definition) is 0. The van der Waals surface area contributed by atoms with Crippen LogP contribution < -0.4 is 0 Å². The van der Waals surface area contributed by atoms with Crippen LogP contribution in [-0.4, -0.2) is 18.5 Å². The third kappa shape index (κ3) is 6.87. The molecule has 0 aliphatic carbocycles. The van der Waals surface area contributed by atoms with E-state index in [1.165, 1.54) is 12.1 Å². The summed E-state index contributed by atoms with van der Waals surface area (Å²) in [5.74, 6) is -1.04. The lowest BCUT2D eigenvalue weighted by Crippen LogP contribution is -2.12. The fourth-order valence-electron chi connectivity index (χ4n) is 1.40. The second kappa shape index (κ2) is 8.30. The number of halogens is 1. The van der Waals surface area contributed by atoms with E-state index in [2.05, 4.69) is 0 Å². The summed E-state index contributed by atoms with van der Waals surface area (Å²) in [7, 11) is 0. The van der Waals surface area contributed by atoms with Gasteiger partial charge in [0.05, 0.1) is 19.4 Å². The first-order valence-electron chi connectivity index (χ1n) is 6.53. The lowest BCUT2D eigenvalue weighted by Gasteiger charge is -2.07. The molecule has 0 aliphatic heterocycles. The zero-order chi connectivity index (χ0) is 15.0. The minimum atomic E-state index is -0.504. The maximum Gasteiger partial charge on any atom is 0.306 e. The van der Waals surface area contributed by atoms with Crippen molar-refractivity contribution >= 4 is 11.9 Å². The molecule has 1 aromatic carbocycles. The molecule has 0 N–H and O–H groups in total. The molecular formula is C15H19FO4. The van der Waals surface area contributed by atoms with Crippen molar-refractivity contribution in [3.63, 3.8) is 0 Å². The van der Waals surface area contributed by atoms with Gasteiger partial charge < -0.3 is 9.47 Å². The number of hydrogen-bond acceptors (Lipinski definition) is 4. The van der Waals surface area contributed by atoms with Crippen LogP contribution in [0.1, 0.15) is 32.3 Å². The second-order valence-corrected chi connectivity index (χ2v) is 4.87. The highest BCUT2D eigenvalue weighted by atomic mass is 19.1. The van der Waals surface area contributed by atoms with E-state index in [-0.39, 0.29) is 31.2 Å². The quantitative estimate of drug-likeness (QED) is 0.722. The summed E-state index contributed by atoms with van der Waals surface area (Å²) in [6.07, 6.45) is -0.0407. The van der Waals surface area contributed by atoms with Crippen LogP contribution in [0.15, 0.2) is 24.3 Å². The maximum atomic E-state index is 12.9. The first-order chi connectivity index (χ1) is 9.47.